The van der Waals surface area contributed by atoms with Crippen molar-refractivity contribution in [2.75, 3.05) is 0 Å². The van der Waals surface area contributed by atoms with Crippen molar-refractivity contribution in [3.05, 3.63) is 35.4 Å². The van der Waals surface area contributed by atoms with Gasteiger partial charge < -0.3 is 16.8 Å². The highest BCUT2D eigenvalue weighted by Gasteiger charge is 2.25. The maximum absolute atomic E-state index is 11.9. The van der Waals surface area contributed by atoms with Gasteiger partial charge in [-0.25, -0.2) is 0 Å². The van der Waals surface area contributed by atoms with Crippen LogP contribution in [0.3, 0.4) is 0 Å². The van der Waals surface area contributed by atoms with E-state index in [2.05, 4.69) is 5.32 Å². The van der Waals surface area contributed by atoms with E-state index < -0.39 is 5.91 Å². The van der Waals surface area contributed by atoms with E-state index in [-0.39, 0.29) is 11.9 Å². The molecule has 1 aliphatic rings. The van der Waals surface area contributed by atoms with Gasteiger partial charge in [0, 0.05) is 24.6 Å². The van der Waals surface area contributed by atoms with Crippen molar-refractivity contribution in [2.24, 2.45) is 17.4 Å². The van der Waals surface area contributed by atoms with E-state index in [1.807, 2.05) is 0 Å². The van der Waals surface area contributed by atoms with Crippen molar-refractivity contribution >= 4 is 11.8 Å². The van der Waals surface area contributed by atoms with Gasteiger partial charge in [-0.15, -0.1) is 0 Å². The Morgan fingerprint density at radius 1 is 1.20 bits per heavy atom. The molecule has 2 atom stereocenters. The van der Waals surface area contributed by atoms with Crippen LogP contribution in [0.15, 0.2) is 24.3 Å². The van der Waals surface area contributed by atoms with Crippen molar-refractivity contribution in [1.29, 1.82) is 0 Å². The fraction of sp³-hybridized carbons (Fsp3) is 0.467. The number of primary amides is 1. The highest BCUT2D eigenvalue weighted by Crippen LogP contribution is 2.26. The minimum absolute atomic E-state index is 0.0336. The fourth-order valence-corrected chi connectivity index (χ4v) is 2.62. The summed E-state index contributed by atoms with van der Waals surface area (Å²) >= 11 is 0. The van der Waals surface area contributed by atoms with E-state index in [1.165, 1.54) is 0 Å². The first-order valence-corrected chi connectivity index (χ1v) is 6.97. The van der Waals surface area contributed by atoms with Gasteiger partial charge in [-0.3, -0.25) is 9.59 Å². The molecule has 0 aromatic heterocycles. The van der Waals surface area contributed by atoms with Crippen LogP contribution >= 0.6 is 0 Å². The van der Waals surface area contributed by atoms with E-state index in [0.29, 0.717) is 24.4 Å². The van der Waals surface area contributed by atoms with E-state index in [1.54, 1.807) is 24.3 Å². The zero-order valence-electron chi connectivity index (χ0n) is 11.5. The van der Waals surface area contributed by atoms with Crippen molar-refractivity contribution in [3.63, 3.8) is 0 Å². The molecule has 108 valence electrons. The number of hydrogen-bond donors (Lipinski definition) is 3. The number of rotatable bonds is 5. The predicted octanol–water partition coefficient (Wildman–Crippen LogP) is 0.919. The highest BCUT2D eigenvalue weighted by atomic mass is 16.1. The second-order valence-corrected chi connectivity index (χ2v) is 5.40. The lowest BCUT2D eigenvalue weighted by molar-refractivity contribution is -0.122. The SMILES string of the molecule is NC(=O)c1ccc(CNC(=O)C[C@@H]2CCC[C@H]2N)cc1. The standard InChI is InChI=1S/C15H21N3O2/c16-13-3-1-2-12(13)8-14(19)18-9-10-4-6-11(7-5-10)15(17)20/h4-7,12-13H,1-3,8-9,16H2,(H2,17,20)(H,18,19)/t12-,13+/m0/s1. The Balaban J connectivity index is 1.79. The summed E-state index contributed by atoms with van der Waals surface area (Å²) in [6.45, 7) is 0.458. The number of carbonyl (C=O) groups is 2. The van der Waals surface area contributed by atoms with Crippen molar-refractivity contribution in [2.45, 2.75) is 38.3 Å². The normalized spacial score (nSPS) is 21.6. The van der Waals surface area contributed by atoms with Crippen molar-refractivity contribution in [1.82, 2.24) is 5.32 Å². The molecule has 1 saturated carbocycles. The number of nitrogens with two attached hydrogens (primary N) is 2. The minimum atomic E-state index is -0.448. The summed E-state index contributed by atoms with van der Waals surface area (Å²) in [5.74, 6) is -0.102. The molecule has 5 N–H and O–H groups in total. The molecule has 1 fully saturated rings. The molecule has 1 aromatic carbocycles. The first kappa shape index (κ1) is 14.5. The van der Waals surface area contributed by atoms with Crippen LogP contribution in [0.25, 0.3) is 0 Å². The molecule has 2 rings (SSSR count). The molecule has 1 aliphatic carbocycles. The van der Waals surface area contributed by atoms with Gasteiger partial charge in [0.25, 0.3) is 0 Å². The molecule has 0 unspecified atom stereocenters. The second-order valence-electron chi connectivity index (χ2n) is 5.40. The Morgan fingerprint density at radius 2 is 1.90 bits per heavy atom. The maximum atomic E-state index is 11.9. The molecule has 1 aromatic rings. The summed E-state index contributed by atoms with van der Waals surface area (Å²) in [4.78, 5) is 22.8. The van der Waals surface area contributed by atoms with Gasteiger partial charge in [-0.05, 0) is 36.5 Å². The van der Waals surface area contributed by atoms with Gasteiger partial charge in [0.05, 0.1) is 0 Å². The molecular weight excluding hydrogens is 254 g/mol. The van der Waals surface area contributed by atoms with Crippen LogP contribution in [0.2, 0.25) is 0 Å². The first-order chi connectivity index (χ1) is 9.56. The third kappa shape index (κ3) is 3.81. The quantitative estimate of drug-likeness (QED) is 0.745. The summed E-state index contributed by atoms with van der Waals surface area (Å²) in [5, 5.41) is 2.88. The Labute approximate surface area is 118 Å². The average molecular weight is 275 g/mol. The number of hydrogen-bond acceptors (Lipinski definition) is 3. The van der Waals surface area contributed by atoms with E-state index in [0.717, 1.165) is 24.8 Å². The second kappa shape index (κ2) is 6.52. The highest BCUT2D eigenvalue weighted by molar-refractivity contribution is 5.92. The van der Waals surface area contributed by atoms with Crippen LogP contribution < -0.4 is 16.8 Å². The Kier molecular flexibility index (Phi) is 4.74. The van der Waals surface area contributed by atoms with Gasteiger partial charge in [0.15, 0.2) is 0 Å². The van der Waals surface area contributed by atoms with E-state index in [9.17, 15) is 9.59 Å². The lowest BCUT2D eigenvalue weighted by Gasteiger charge is -2.14. The number of carbonyl (C=O) groups excluding carboxylic acids is 2. The van der Waals surface area contributed by atoms with Gasteiger partial charge >= 0.3 is 0 Å². The monoisotopic (exact) mass is 275 g/mol. The Hall–Kier alpha value is -1.88. The van der Waals surface area contributed by atoms with Gasteiger partial charge in [-0.1, -0.05) is 18.6 Å². The van der Waals surface area contributed by atoms with Gasteiger partial charge in [-0.2, -0.15) is 0 Å². The first-order valence-electron chi connectivity index (χ1n) is 6.97. The van der Waals surface area contributed by atoms with Crippen LogP contribution in [0.1, 0.15) is 41.6 Å². The summed E-state index contributed by atoms with van der Waals surface area (Å²) in [6, 6.07) is 7.08. The zero-order valence-corrected chi connectivity index (χ0v) is 11.5. The van der Waals surface area contributed by atoms with Crippen LogP contribution in [-0.2, 0) is 11.3 Å². The fourth-order valence-electron chi connectivity index (χ4n) is 2.62. The van der Waals surface area contributed by atoms with Crippen LogP contribution in [0, 0.1) is 5.92 Å². The summed E-state index contributed by atoms with van der Waals surface area (Å²) in [7, 11) is 0. The number of amides is 2. The Bertz CT molecular complexity index is 484. The largest absolute Gasteiger partial charge is 0.366 e. The summed E-state index contributed by atoms with van der Waals surface area (Å²) in [6.07, 6.45) is 3.68. The Morgan fingerprint density at radius 3 is 2.45 bits per heavy atom. The predicted molar refractivity (Wildman–Crippen MR) is 76.7 cm³/mol. The average Bonchev–Trinajstić information content (AvgIpc) is 2.82. The molecule has 0 aliphatic heterocycles. The van der Waals surface area contributed by atoms with Crippen LogP contribution in [0.4, 0.5) is 0 Å². The third-order valence-corrected chi connectivity index (χ3v) is 3.89. The zero-order chi connectivity index (χ0) is 14.5. The molecule has 0 bridgehead atoms. The molecule has 0 saturated heterocycles. The summed E-state index contributed by atoms with van der Waals surface area (Å²) < 4.78 is 0. The summed E-state index contributed by atoms with van der Waals surface area (Å²) in [5.41, 5.74) is 12.5. The van der Waals surface area contributed by atoms with Gasteiger partial charge in [0.1, 0.15) is 0 Å². The van der Waals surface area contributed by atoms with E-state index >= 15 is 0 Å². The minimum Gasteiger partial charge on any atom is -0.366 e. The number of nitrogens with one attached hydrogen (secondary N) is 1. The molecule has 2 amide bonds. The van der Waals surface area contributed by atoms with Crippen LogP contribution in [0.5, 0.6) is 0 Å². The molecule has 0 heterocycles. The van der Waals surface area contributed by atoms with E-state index in [4.69, 9.17) is 11.5 Å². The third-order valence-electron chi connectivity index (χ3n) is 3.89. The topological polar surface area (TPSA) is 98.2 Å². The lowest BCUT2D eigenvalue weighted by atomic mass is 10.00. The number of benzene rings is 1. The maximum Gasteiger partial charge on any atom is 0.248 e. The lowest BCUT2D eigenvalue weighted by Crippen LogP contribution is -2.31. The molecule has 0 spiro atoms. The molecule has 0 radical (unpaired) electrons. The van der Waals surface area contributed by atoms with Crippen molar-refractivity contribution in [3.8, 4) is 0 Å². The van der Waals surface area contributed by atoms with Gasteiger partial charge in [0.2, 0.25) is 11.8 Å². The molecule has 5 heteroatoms. The molecule has 5 nitrogen and oxygen atoms in total. The van der Waals surface area contributed by atoms with Crippen molar-refractivity contribution < 1.29 is 9.59 Å². The molecular formula is C15H21N3O2. The molecule has 20 heavy (non-hydrogen) atoms. The van der Waals surface area contributed by atoms with Crippen LogP contribution in [-0.4, -0.2) is 17.9 Å². The smallest absolute Gasteiger partial charge is 0.248 e.